The molecule has 0 saturated carbocycles. The van der Waals surface area contributed by atoms with Crippen molar-refractivity contribution < 1.29 is 8.58 Å². The summed E-state index contributed by atoms with van der Waals surface area (Å²) in [6.45, 7) is 1.45. The normalized spacial score (nSPS) is 11.0. The predicted octanol–water partition coefficient (Wildman–Crippen LogP) is 1.38. The molecule has 0 aromatic heterocycles. The Balaban J connectivity index is 3.55. The largest absolute Gasteiger partial charge is 0.771 e. The van der Waals surface area contributed by atoms with E-state index < -0.39 is 13.4 Å². The minimum absolute atomic E-state index is 0.150. The molecule has 0 amide bonds. The summed E-state index contributed by atoms with van der Waals surface area (Å²) in [5, 5.41) is 0. The highest BCUT2D eigenvalue weighted by molar-refractivity contribution is 6.71. The van der Waals surface area contributed by atoms with E-state index >= 15 is 0 Å². The summed E-state index contributed by atoms with van der Waals surface area (Å²) in [5.74, 6) is 5.87. The van der Waals surface area contributed by atoms with Crippen LogP contribution in [0.2, 0.25) is 17.4 Å². The Morgan fingerprint density at radius 2 is 1.75 bits per heavy atom. The van der Waals surface area contributed by atoms with Crippen molar-refractivity contribution in [2.75, 3.05) is 0 Å². The van der Waals surface area contributed by atoms with Crippen LogP contribution in [0.5, 0.6) is 0 Å². The van der Waals surface area contributed by atoms with Crippen LogP contribution in [0, 0.1) is 0 Å². The summed E-state index contributed by atoms with van der Waals surface area (Å²) in [5.41, 5.74) is 0. The molecule has 0 rings (SSSR count). The molecule has 0 fully saturated rings. The molecule has 0 saturated heterocycles. The van der Waals surface area contributed by atoms with Crippen molar-refractivity contribution >= 4 is 19.4 Å². The lowest BCUT2D eigenvalue weighted by molar-refractivity contribution is -0.132. The van der Waals surface area contributed by atoms with Crippen molar-refractivity contribution in [3.05, 3.63) is 0 Å². The molecule has 0 atom stereocenters. The highest BCUT2D eigenvalue weighted by Crippen LogP contribution is 2.01. The molecule has 0 aliphatic heterocycles. The zero-order valence-electron chi connectivity index (χ0n) is 5.89. The van der Waals surface area contributed by atoms with Crippen molar-refractivity contribution in [2.45, 2.75) is 24.3 Å². The second-order valence-electron chi connectivity index (χ2n) is 3.05. The Morgan fingerprint density at radius 3 is 1.75 bits per heavy atom. The molecular weight excluding hydrogens is 119 g/mol. The zero-order valence-corrected chi connectivity index (χ0v) is 7.05. The van der Waals surface area contributed by atoms with Crippen LogP contribution < -0.4 is 0 Å². The molecule has 0 spiro atoms. The van der Waals surface area contributed by atoms with Crippen LogP contribution in [0.1, 0.15) is 6.92 Å². The number of hydrogen-bond donors (Lipinski definition) is 0. The maximum absolute atomic E-state index is 10.3. The number of carbonyl (C=O) groups excluding carboxylic acids is 1. The Morgan fingerprint density at radius 1 is 1.38 bits per heavy atom. The van der Waals surface area contributed by atoms with E-state index in [1.165, 1.54) is 6.92 Å². The van der Waals surface area contributed by atoms with E-state index in [0.29, 0.717) is 0 Å². The topological polar surface area (TPSA) is 26.3 Å². The molecule has 0 aliphatic carbocycles. The van der Waals surface area contributed by atoms with Crippen LogP contribution in [0.3, 0.4) is 0 Å². The summed E-state index contributed by atoms with van der Waals surface area (Å²) in [6, 6.07) is 0. The molecule has 48 valence electrons. The fraction of sp³-hybridized carbons (Fsp3) is 0.800. The lowest BCUT2D eigenvalue weighted by Crippen LogP contribution is -2.27. The molecule has 0 aromatic rings. The minimum atomic E-state index is -1.82. The van der Waals surface area contributed by atoms with E-state index in [4.69, 9.17) is 3.79 Å². The van der Waals surface area contributed by atoms with Crippen molar-refractivity contribution in [3.8, 4) is 0 Å². The molecule has 0 N–H and O–H groups in total. The van der Waals surface area contributed by atoms with Crippen LogP contribution in [0.4, 0.5) is 0 Å². The third kappa shape index (κ3) is 6.00. The van der Waals surface area contributed by atoms with Gasteiger partial charge in [0.15, 0.2) is 0 Å². The second kappa shape index (κ2) is 2.52. The number of rotatable bonds is 1. The van der Waals surface area contributed by atoms with E-state index in [1.54, 1.807) is 0 Å². The first kappa shape index (κ1) is 8.00. The lowest BCUT2D eigenvalue weighted by Gasteiger charge is -2.22. The van der Waals surface area contributed by atoms with Crippen LogP contribution in [0.15, 0.2) is 0 Å². The summed E-state index contributed by atoms with van der Waals surface area (Å²) >= 11 is -1.82. The molecular formula is C5H12AlO2-. The fourth-order valence-electron chi connectivity index (χ4n) is 0.498. The summed E-state index contributed by atoms with van der Waals surface area (Å²) in [6.07, 6.45) is 0. The minimum Gasteiger partial charge on any atom is -0.771 e. The molecule has 0 unspecified atom stereocenters. The third-order valence-electron chi connectivity index (χ3n) is 0.520. The average Bonchev–Trinajstić information content (AvgIpc) is 1.21. The summed E-state index contributed by atoms with van der Waals surface area (Å²) < 4.78 is 4.97. The van der Waals surface area contributed by atoms with Gasteiger partial charge in [-0.3, -0.25) is 4.79 Å². The van der Waals surface area contributed by atoms with Gasteiger partial charge in [0.25, 0.3) is 0 Å². The molecule has 2 nitrogen and oxygen atoms in total. The molecule has 0 heterocycles. The SMILES string of the molecule is CC(=O)[O][Al-]([CH3])([CH3])[CH3]. The quantitative estimate of drug-likeness (QED) is 0.502. The molecule has 8 heavy (non-hydrogen) atoms. The summed E-state index contributed by atoms with van der Waals surface area (Å²) in [7, 11) is 0. The van der Waals surface area contributed by atoms with Crippen molar-refractivity contribution in [1.82, 2.24) is 0 Å². The monoisotopic (exact) mass is 131 g/mol. The molecule has 0 radical (unpaired) electrons. The van der Waals surface area contributed by atoms with Gasteiger partial charge in [0.2, 0.25) is 5.97 Å². The van der Waals surface area contributed by atoms with Gasteiger partial charge in [-0.1, -0.05) is 0 Å². The Labute approximate surface area is 52.9 Å². The first-order chi connectivity index (χ1) is 3.42. The van der Waals surface area contributed by atoms with Crippen LogP contribution in [0.25, 0.3) is 0 Å². The third-order valence-corrected chi connectivity index (χ3v) is 1.56. The van der Waals surface area contributed by atoms with Gasteiger partial charge in [0, 0.05) is 6.92 Å². The second-order valence-corrected chi connectivity index (χ2v) is 8.16. The van der Waals surface area contributed by atoms with Gasteiger partial charge in [-0.2, -0.15) is 17.4 Å². The van der Waals surface area contributed by atoms with E-state index in [1.807, 2.05) is 17.4 Å². The fourth-order valence-corrected chi connectivity index (χ4v) is 1.49. The van der Waals surface area contributed by atoms with Gasteiger partial charge in [-0.15, -0.1) is 0 Å². The van der Waals surface area contributed by atoms with Gasteiger partial charge in [-0.05, 0) is 0 Å². The first-order valence-electron chi connectivity index (χ1n) is 2.88. The van der Waals surface area contributed by atoms with E-state index in [0.717, 1.165) is 0 Å². The highest BCUT2D eigenvalue weighted by Gasteiger charge is 2.14. The lowest BCUT2D eigenvalue weighted by atomic mass is 10.9. The Hall–Kier alpha value is 0.00247. The maximum atomic E-state index is 10.3. The van der Waals surface area contributed by atoms with E-state index in [9.17, 15) is 4.79 Å². The zero-order chi connectivity index (χ0) is 6.78. The van der Waals surface area contributed by atoms with Crippen LogP contribution in [-0.4, -0.2) is 19.4 Å². The standard InChI is InChI=1S/C2H4O2.3CH3.Al/c1-2(3)4;;;;/h1H3,(H,3,4);3*1H3;/p-1. The van der Waals surface area contributed by atoms with Gasteiger partial charge < -0.3 is 3.79 Å². The van der Waals surface area contributed by atoms with Crippen molar-refractivity contribution in [3.63, 3.8) is 0 Å². The maximum Gasteiger partial charge on any atom is 0.364 e. The Bertz CT molecular complexity index is 93.1. The number of carbonyl (C=O) groups is 1. The van der Waals surface area contributed by atoms with Gasteiger partial charge in [0.05, 0.1) is 0 Å². The molecule has 0 aliphatic rings. The molecule has 0 aromatic carbocycles. The van der Waals surface area contributed by atoms with Crippen molar-refractivity contribution in [1.29, 1.82) is 0 Å². The van der Waals surface area contributed by atoms with E-state index in [2.05, 4.69) is 0 Å². The Kier molecular flexibility index (Phi) is 2.52. The molecule has 0 bridgehead atoms. The molecule has 3 heteroatoms. The number of hydrogen-bond acceptors (Lipinski definition) is 2. The summed E-state index contributed by atoms with van der Waals surface area (Å²) in [4.78, 5) is 10.3. The van der Waals surface area contributed by atoms with Crippen molar-refractivity contribution in [2.24, 2.45) is 0 Å². The average molecular weight is 131 g/mol. The smallest absolute Gasteiger partial charge is 0.364 e. The van der Waals surface area contributed by atoms with Gasteiger partial charge in [-0.25, -0.2) is 0 Å². The van der Waals surface area contributed by atoms with Gasteiger partial charge >= 0.3 is 13.4 Å². The first-order valence-corrected chi connectivity index (χ1v) is 6.81. The van der Waals surface area contributed by atoms with Gasteiger partial charge in [0.1, 0.15) is 0 Å². The van der Waals surface area contributed by atoms with Crippen LogP contribution >= 0.6 is 0 Å². The van der Waals surface area contributed by atoms with E-state index in [-0.39, 0.29) is 5.97 Å². The highest BCUT2D eigenvalue weighted by atomic mass is 27.3. The van der Waals surface area contributed by atoms with Crippen LogP contribution in [-0.2, 0) is 8.58 Å². The predicted molar refractivity (Wildman–Crippen MR) is 35.1 cm³/mol.